The van der Waals surface area contributed by atoms with Gasteiger partial charge in [0, 0.05) is 38.8 Å². The molecule has 0 aliphatic carbocycles. The van der Waals surface area contributed by atoms with Crippen molar-refractivity contribution in [2.24, 2.45) is 4.99 Å². The Hall–Kier alpha value is -1.30. The van der Waals surface area contributed by atoms with Gasteiger partial charge in [0.25, 0.3) is 0 Å². The number of aromatic nitrogens is 1. The van der Waals surface area contributed by atoms with E-state index < -0.39 is 0 Å². The second-order valence-electron chi connectivity index (χ2n) is 5.09. The molecule has 0 saturated carbocycles. The molecule has 0 fully saturated rings. The average molecular weight is 275 g/mol. The van der Waals surface area contributed by atoms with Crippen molar-refractivity contribution < 1.29 is 0 Å². The van der Waals surface area contributed by atoms with Crippen LogP contribution in [0.25, 0.3) is 0 Å². The molecule has 0 spiro atoms. The number of nitrogens with zero attached hydrogens (tertiary/aromatic N) is 2. The lowest BCUT2D eigenvalue weighted by atomic mass is 10.1. The van der Waals surface area contributed by atoms with E-state index in [2.05, 4.69) is 40.0 Å². The molecule has 1 aromatic rings. The number of hydrogen-bond donors (Lipinski definition) is 3. The van der Waals surface area contributed by atoms with Crippen LogP contribution in [-0.4, -0.2) is 50.0 Å². The van der Waals surface area contributed by atoms with Crippen LogP contribution >= 0.6 is 0 Å². The van der Waals surface area contributed by atoms with Gasteiger partial charge in [-0.05, 0) is 26.0 Å². The lowest BCUT2D eigenvalue weighted by Crippen LogP contribution is -2.34. The standard InChI is InChI=1S/C15H25N5/c1-12-14-4-3-5-15(20-14)13(2)19-11-9-17-7-6-16-8-10-18-12/h3-5,12,16-18H,6-11H2,1-2H3. The summed E-state index contributed by atoms with van der Waals surface area (Å²) < 4.78 is 0. The van der Waals surface area contributed by atoms with Crippen LogP contribution in [0.1, 0.15) is 31.3 Å². The number of aliphatic imine (C=N–C) groups is 1. The summed E-state index contributed by atoms with van der Waals surface area (Å²) in [4.78, 5) is 9.30. The van der Waals surface area contributed by atoms with Crippen molar-refractivity contribution in [2.45, 2.75) is 19.9 Å². The van der Waals surface area contributed by atoms with Gasteiger partial charge >= 0.3 is 0 Å². The molecule has 1 aromatic heterocycles. The predicted molar refractivity (Wildman–Crippen MR) is 83.5 cm³/mol. The van der Waals surface area contributed by atoms with Gasteiger partial charge in [-0.25, -0.2) is 4.98 Å². The fourth-order valence-electron chi connectivity index (χ4n) is 2.19. The Kier molecular flexibility index (Phi) is 6.11. The lowest BCUT2D eigenvalue weighted by molar-refractivity contribution is 0.531. The molecule has 2 heterocycles. The van der Waals surface area contributed by atoms with Gasteiger partial charge in [0.05, 0.1) is 23.6 Å². The molecule has 3 N–H and O–H groups in total. The topological polar surface area (TPSA) is 61.3 Å². The summed E-state index contributed by atoms with van der Waals surface area (Å²) >= 11 is 0. The maximum Gasteiger partial charge on any atom is 0.0841 e. The van der Waals surface area contributed by atoms with Crippen LogP contribution in [0.15, 0.2) is 23.2 Å². The van der Waals surface area contributed by atoms with Gasteiger partial charge in [-0.2, -0.15) is 0 Å². The summed E-state index contributed by atoms with van der Waals surface area (Å²) in [6.45, 7) is 9.78. The molecule has 110 valence electrons. The summed E-state index contributed by atoms with van der Waals surface area (Å²) in [6, 6.07) is 6.42. The molecule has 5 heteroatoms. The largest absolute Gasteiger partial charge is 0.314 e. The van der Waals surface area contributed by atoms with Crippen LogP contribution < -0.4 is 16.0 Å². The predicted octanol–water partition coefficient (Wildman–Crippen LogP) is 0.734. The van der Waals surface area contributed by atoms with Gasteiger partial charge in [-0.1, -0.05) is 6.07 Å². The van der Waals surface area contributed by atoms with Gasteiger partial charge in [-0.15, -0.1) is 0 Å². The smallest absolute Gasteiger partial charge is 0.0841 e. The summed E-state index contributed by atoms with van der Waals surface area (Å²) in [5.41, 5.74) is 3.06. The zero-order valence-electron chi connectivity index (χ0n) is 12.4. The molecule has 2 bridgehead atoms. The van der Waals surface area contributed by atoms with Crippen molar-refractivity contribution in [3.8, 4) is 0 Å². The van der Waals surface area contributed by atoms with E-state index in [-0.39, 0.29) is 6.04 Å². The molecule has 0 aromatic carbocycles. The highest BCUT2D eigenvalue weighted by Gasteiger charge is 2.08. The molecular weight excluding hydrogens is 250 g/mol. The third-order valence-electron chi connectivity index (χ3n) is 3.45. The Morgan fingerprint density at radius 3 is 2.65 bits per heavy atom. The van der Waals surface area contributed by atoms with E-state index in [1.165, 1.54) is 0 Å². The van der Waals surface area contributed by atoms with E-state index in [0.29, 0.717) is 0 Å². The zero-order chi connectivity index (χ0) is 14.2. The molecule has 5 nitrogen and oxygen atoms in total. The highest BCUT2D eigenvalue weighted by atomic mass is 15.0. The van der Waals surface area contributed by atoms with Crippen LogP contribution in [0.4, 0.5) is 0 Å². The van der Waals surface area contributed by atoms with E-state index in [0.717, 1.165) is 56.4 Å². The SMILES string of the molecule is CC1=NCCNCCNCCNC(C)c2cccc1n2. The third kappa shape index (κ3) is 4.67. The van der Waals surface area contributed by atoms with Crippen molar-refractivity contribution in [3.05, 3.63) is 29.6 Å². The van der Waals surface area contributed by atoms with Crippen molar-refractivity contribution in [1.82, 2.24) is 20.9 Å². The Bertz CT molecular complexity index is 444. The first-order valence-electron chi connectivity index (χ1n) is 7.40. The number of pyridine rings is 1. The third-order valence-corrected chi connectivity index (χ3v) is 3.45. The second-order valence-corrected chi connectivity index (χ2v) is 5.09. The van der Waals surface area contributed by atoms with Crippen molar-refractivity contribution in [3.63, 3.8) is 0 Å². The van der Waals surface area contributed by atoms with Gasteiger partial charge in [0.2, 0.25) is 0 Å². The normalized spacial score (nSPS) is 22.5. The van der Waals surface area contributed by atoms with Crippen LogP contribution in [-0.2, 0) is 0 Å². The minimum atomic E-state index is 0.257. The molecule has 2 rings (SSSR count). The van der Waals surface area contributed by atoms with Gasteiger partial charge in [-0.3, -0.25) is 4.99 Å². The van der Waals surface area contributed by atoms with E-state index >= 15 is 0 Å². The molecular formula is C15H25N5. The maximum absolute atomic E-state index is 4.71. The Morgan fingerprint density at radius 1 is 1.05 bits per heavy atom. The Balaban J connectivity index is 2.12. The van der Waals surface area contributed by atoms with Crippen molar-refractivity contribution in [1.29, 1.82) is 0 Å². The zero-order valence-corrected chi connectivity index (χ0v) is 12.4. The highest BCUT2D eigenvalue weighted by Crippen LogP contribution is 2.10. The molecule has 1 aliphatic rings. The molecule has 1 unspecified atom stereocenters. The quantitative estimate of drug-likeness (QED) is 0.653. The van der Waals surface area contributed by atoms with Crippen LogP contribution in [0.2, 0.25) is 0 Å². The van der Waals surface area contributed by atoms with Gasteiger partial charge < -0.3 is 16.0 Å². The summed E-state index contributed by atoms with van der Waals surface area (Å²) in [5, 5.41) is 10.3. The number of nitrogens with one attached hydrogen (secondary N) is 3. The van der Waals surface area contributed by atoms with E-state index in [1.807, 2.05) is 13.0 Å². The molecule has 20 heavy (non-hydrogen) atoms. The number of fused-ring (bicyclic) bond motifs is 2. The van der Waals surface area contributed by atoms with E-state index in [4.69, 9.17) is 4.98 Å². The molecule has 1 atom stereocenters. The van der Waals surface area contributed by atoms with E-state index in [9.17, 15) is 0 Å². The highest BCUT2D eigenvalue weighted by molar-refractivity contribution is 5.96. The summed E-state index contributed by atoms with van der Waals surface area (Å²) in [7, 11) is 0. The van der Waals surface area contributed by atoms with Crippen molar-refractivity contribution in [2.75, 3.05) is 39.3 Å². The van der Waals surface area contributed by atoms with Crippen LogP contribution in [0.3, 0.4) is 0 Å². The van der Waals surface area contributed by atoms with E-state index in [1.54, 1.807) is 0 Å². The average Bonchev–Trinajstić information content (AvgIpc) is 2.48. The first-order valence-corrected chi connectivity index (χ1v) is 7.40. The number of hydrogen-bond acceptors (Lipinski definition) is 5. The fraction of sp³-hybridized carbons (Fsp3) is 0.600. The van der Waals surface area contributed by atoms with Gasteiger partial charge in [0.1, 0.15) is 0 Å². The first-order chi connectivity index (χ1) is 9.77. The molecule has 1 aliphatic heterocycles. The second kappa shape index (κ2) is 8.09. The monoisotopic (exact) mass is 275 g/mol. The van der Waals surface area contributed by atoms with Crippen LogP contribution in [0, 0.1) is 0 Å². The molecule has 0 radical (unpaired) electrons. The first kappa shape index (κ1) is 15.1. The lowest BCUT2D eigenvalue weighted by Gasteiger charge is -2.14. The Labute approximate surface area is 121 Å². The Morgan fingerprint density at radius 2 is 1.80 bits per heavy atom. The fourth-order valence-corrected chi connectivity index (χ4v) is 2.19. The summed E-state index contributed by atoms with van der Waals surface area (Å²) in [6.07, 6.45) is 0. The maximum atomic E-state index is 4.71. The summed E-state index contributed by atoms with van der Waals surface area (Å²) in [5.74, 6) is 0. The molecule has 0 amide bonds. The number of rotatable bonds is 0. The van der Waals surface area contributed by atoms with Crippen molar-refractivity contribution >= 4 is 5.71 Å². The minimum absolute atomic E-state index is 0.257. The molecule has 0 saturated heterocycles. The minimum Gasteiger partial charge on any atom is -0.314 e. The van der Waals surface area contributed by atoms with Crippen LogP contribution in [0.5, 0.6) is 0 Å². The van der Waals surface area contributed by atoms with Gasteiger partial charge in [0.15, 0.2) is 0 Å².